The molecule has 2 bridgehead atoms. The van der Waals surface area contributed by atoms with Gasteiger partial charge in [-0.05, 0) is 56.3 Å². The molecule has 1 aromatic carbocycles. The number of rotatable bonds is 5. The number of hydrogen-bond acceptors (Lipinski definition) is 6. The van der Waals surface area contributed by atoms with E-state index in [1.54, 1.807) is 12.1 Å². The normalized spacial score (nSPS) is 32.9. The number of anilines is 1. The summed E-state index contributed by atoms with van der Waals surface area (Å²) in [6, 6.07) is 7.23. The van der Waals surface area contributed by atoms with Gasteiger partial charge >= 0.3 is 0 Å². The van der Waals surface area contributed by atoms with Crippen molar-refractivity contribution in [2.24, 2.45) is 5.92 Å². The van der Waals surface area contributed by atoms with Crippen molar-refractivity contribution in [1.29, 1.82) is 5.26 Å². The largest absolute Gasteiger partial charge is 0.373 e. The third-order valence-corrected chi connectivity index (χ3v) is 7.81. The van der Waals surface area contributed by atoms with Crippen molar-refractivity contribution in [3.8, 4) is 6.07 Å². The van der Waals surface area contributed by atoms with Crippen LogP contribution < -0.4 is 15.5 Å². The monoisotopic (exact) mass is 441 g/mol. The van der Waals surface area contributed by atoms with Gasteiger partial charge in [0.15, 0.2) is 0 Å². The van der Waals surface area contributed by atoms with Crippen molar-refractivity contribution in [1.82, 2.24) is 15.5 Å². The number of nitrogens with zero attached hydrogens (tertiary/aromatic N) is 3. The average molecular weight is 442 g/mol. The number of carbonyl (C=O) groups excluding carboxylic acids is 1. The van der Waals surface area contributed by atoms with Gasteiger partial charge < -0.3 is 20.3 Å². The highest BCUT2D eigenvalue weighted by molar-refractivity contribution is 5.83. The van der Waals surface area contributed by atoms with Gasteiger partial charge in [-0.15, -0.1) is 0 Å². The standard InChI is InChI=1S/C24H32FN5O2/c1-29-8-9-32-22-14-30(7-6-21(22)29)19-5-3-15(20(25)12-19)10-18(13-26)28-24(31)23-16-2-4-17(11-16)27-23/h3,5,12,16-18,21-23,27H,2,4,6-11,14H2,1H3,(H,28,31)/t16-,17+,18-,21?,22-,23-/m0/s1. The number of hydrogen-bond donors (Lipinski definition) is 2. The maximum absolute atomic E-state index is 15.0. The Kier molecular flexibility index (Phi) is 6.06. The first-order valence-corrected chi connectivity index (χ1v) is 11.8. The van der Waals surface area contributed by atoms with Gasteiger partial charge in [0.05, 0.1) is 24.8 Å². The number of nitriles is 1. The Morgan fingerprint density at radius 1 is 1.38 bits per heavy atom. The van der Waals surface area contributed by atoms with Crippen LogP contribution in [0.1, 0.15) is 31.2 Å². The van der Waals surface area contributed by atoms with E-state index < -0.39 is 6.04 Å². The van der Waals surface area contributed by atoms with Gasteiger partial charge in [-0.1, -0.05) is 6.07 Å². The Morgan fingerprint density at radius 3 is 2.97 bits per heavy atom. The number of halogens is 1. The lowest BCUT2D eigenvalue weighted by atomic mass is 9.97. The maximum Gasteiger partial charge on any atom is 0.238 e. The molecule has 4 fully saturated rings. The van der Waals surface area contributed by atoms with E-state index in [9.17, 15) is 14.4 Å². The minimum Gasteiger partial charge on any atom is -0.373 e. The Labute approximate surface area is 188 Å². The second-order valence-electron chi connectivity index (χ2n) is 9.78. The second-order valence-corrected chi connectivity index (χ2v) is 9.78. The smallest absolute Gasteiger partial charge is 0.238 e. The van der Waals surface area contributed by atoms with Crippen LogP contribution in [0.25, 0.3) is 0 Å². The fourth-order valence-electron chi connectivity index (χ4n) is 5.98. The molecule has 172 valence electrons. The summed E-state index contributed by atoms with van der Waals surface area (Å²) >= 11 is 0. The predicted octanol–water partition coefficient (Wildman–Crippen LogP) is 1.43. The zero-order valence-corrected chi connectivity index (χ0v) is 18.6. The number of morpholine rings is 1. The van der Waals surface area contributed by atoms with E-state index in [0.717, 1.165) is 57.6 Å². The number of carbonyl (C=O) groups is 1. The molecule has 1 unspecified atom stereocenters. The highest BCUT2D eigenvalue weighted by Crippen LogP contribution is 2.35. The summed E-state index contributed by atoms with van der Waals surface area (Å²) < 4.78 is 20.9. The van der Waals surface area contributed by atoms with Crippen molar-refractivity contribution >= 4 is 11.6 Å². The van der Waals surface area contributed by atoms with Crippen LogP contribution in [0.2, 0.25) is 0 Å². The molecule has 3 aliphatic heterocycles. The first-order valence-electron chi connectivity index (χ1n) is 11.8. The molecule has 0 radical (unpaired) electrons. The molecule has 3 heterocycles. The number of fused-ring (bicyclic) bond motifs is 3. The summed E-state index contributed by atoms with van der Waals surface area (Å²) in [5, 5.41) is 15.7. The number of nitrogens with one attached hydrogen (secondary N) is 2. The van der Waals surface area contributed by atoms with Crippen molar-refractivity contribution < 1.29 is 13.9 Å². The van der Waals surface area contributed by atoms with Crippen LogP contribution >= 0.6 is 0 Å². The minimum absolute atomic E-state index is 0.138. The van der Waals surface area contributed by atoms with E-state index in [2.05, 4.69) is 33.6 Å². The van der Waals surface area contributed by atoms with E-state index in [1.165, 1.54) is 0 Å². The molecule has 1 aliphatic carbocycles. The Hall–Kier alpha value is -2.21. The highest BCUT2D eigenvalue weighted by Gasteiger charge is 2.43. The molecule has 5 rings (SSSR count). The number of benzene rings is 1. The van der Waals surface area contributed by atoms with E-state index >= 15 is 0 Å². The van der Waals surface area contributed by atoms with E-state index in [4.69, 9.17) is 4.74 Å². The lowest BCUT2D eigenvalue weighted by Crippen LogP contribution is -2.58. The van der Waals surface area contributed by atoms with Crippen LogP contribution in [0.5, 0.6) is 0 Å². The molecule has 8 heteroatoms. The minimum atomic E-state index is -0.745. The molecule has 7 nitrogen and oxygen atoms in total. The summed E-state index contributed by atoms with van der Waals surface area (Å²) in [7, 11) is 2.14. The van der Waals surface area contributed by atoms with Crippen LogP contribution in [0.4, 0.5) is 10.1 Å². The SMILES string of the molecule is CN1CCO[C@H]2CN(c3ccc(C[C@@H](C#N)NC(=O)[C@H]4N[C@@H]5CC[C@H]4C5)c(F)c3)CCC21. The summed E-state index contributed by atoms with van der Waals surface area (Å²) in [5.41, 5.74) is 1.29. The maximum atomic E-state index is 15.0. The molecular formula is C24H32FN5O2. The van der Waals surface area contributed by atoms with Crippen molar-refractivity contribution in [3.05, 3.63) is 29.6 Å². The predicted molar refractivity (Wildman–Crippen MR) is 119 cm³/mol. The Bertz CT molecular complexity index is 905. The van der Waals surface area contributed by atoms with Crippen molar-refractivity contribution in [3.63, 3.8) is 0 Å². The van der Waals surface area contributed by atoms with Gasteiger partial charge in [-0.3, -0.25) is 9.69 Å². The van der Waals surface area contributed by atoms with Gasteiger partial charge in [-0.2, -0.15) is 5.26 Å². The molecule has 1 aromatic rings. The molecule has 1 saturated carbocycles. The third kappa shape index (κ3) is 4.21. The summed E-state index contributed by atoms with van der Waals surface area (Å²) in [5.74, 6) is -0.118. The highest BCUT2D eigenvalue weighted by atomic mass is 19.1. The number of ether oxygens (including phenoxy) is 1. The van der Waals surface area contributed by atoms with E-state index in [1.807, 2.05) is 6.07 Å². The fourth-order valence-corrected chi connectivity index (χ4v) is 5.98. The van der Waals surface area contributed by atoms with Gasteiger partial charge in [0, 0.05) is 43.8 Å². The van der Waals surface area contributed by atoms with Crippen molar-refractivity contribution in [2.45, 2.75) is 62.4 Å². The summed E-state index contributed by atoms with van der Waals surface area (Å²) in [6.07, 6.45) is 4.50. The quantitative estimate of drug-likeness (QED) is 0.720. The van der Waals surface area contributed by atoms with Crippen LogP contribution in [0, 0.1) is 23.1 Å². The zero-order chi connectivity index (χ0) is 22.2. The molecule has 2 N–H and O–H groups in total. The van der Waals surface area contributed by atoms with Crippen LogP contribution in [-0.4, -0.2) is 74.4 Å². The molecule has 32 heavy (non-hydrogen) atoms. The van der Waals surface area contributed by atoms with Crippen LogP contribution in [0.15, 0.2) is 18.2 Å². The molecule has 0 spiro atoms. The lowest BCUT2D eigenvalue weighted by molar-refractivity contribution is -0.124. The van der Waals surface area contributed by atoms with Gasteiger partial charge in [0.2, 0.25) is 5.91 Å². The number of amides is 1. The summed E-state index contributed by atoms with van der Waals surface area (Å²) in [6.45, 7) is 3.30. The van der Waals surface area contributed by atoms with E-state index in [-0.39, 0.29) is 30.3 Å². The first-order chi connectivity index (χ1) is 15.5. The summed E-state index contributed by atoms with van der Waals surface area (Å²) in [4.78, 5) is 17.2. The van der Waals surface area contributed by atoms with Gasteiger partial charge in [-0.25, -0.2) is 4.39 Å². The average Bonchev–Trinajstić information content (AvgIpc) is 3.43. The molecule has 4 aliphatic rings. The topological polar surface area (TPSA) is 80.6 Å². The molecule has 6 atom stereocenters. The third-order valence-electron chi connectivity index (χ3n) is 7.81. The number of likely N-dealkylation sites (N-methyl/N-ethyl adjacent to an activating group) is 1. The Balaban J connectivity index is 1.20. The van der Waals surface area contributed by atoms with Crippen molar-refractivity contribution in [2.75, 3.05) is 38.2 Å². The van der Waals surface area contributed by atoms with Gasteiger partial charge in [0.25, 0.3) is 0 Å². The van der Waals surface area contributed by atoms with E-state index in [0.29, 0.717) is 23.6 Å². The van der Waals surface area contributed by atoms with Crippen LogP contribution in [0.3, 0.4) is 0 Å². The fraction of sp³-hybridized carbons (Fsp3) is 0.667. The Morgan fingerprint density at radius 2 is 2.25 bits per heavy atom. The van der Waals surface area contributed by atoms with Crippen LogP contribution in [-0.2, 0) is 16.0 Å². The molecule has 3 saturated heterocycles. The molecular weight excluding hydrogens is 409 g/mol. The number of piperidine rings is 2. The molecule has 0 aromatic heterocycles. The molecule has 1 amide bonds. The van der Waals surface area contributed by atoms with Gasteiger partial charge in [0.1, 0.15) is 11.9 Å². The zero-order valence-electron chi connectivity index (χ0n) is 18.6. The lowest BCUT2D eigenvalue weighted by Gasteiger charge is -2.46. The first kappa shape index (κ1) is 21.6. The second kappa shape index (κ2) is 8.97.